The minimum atomic E-state index is -0.389. The van der Waals surface area contributed by atoms with Crippen molar-refractivity contribution in [2.24, 2.45) is 0 Å². The van der Waals surface area contributed by atoms with E-state index in [1.807, 2.05) is 13.8 Å². The zero-order valence-corrected chi connectivity index (χ0v) is 15.2. The summed E-state index contributed by atoms with van der Waals surface area (Å²) in [7, 11) is 0. The van der Waals surface area contributed by atoms with Crippen LogP contribution in [0.25, 0.3) is 0 Å². The van der Waals surface area contributed by atoms with Gasteiger partial charge < -0.3 is 10.6 Å². The fourth-order valence-electron chi connectivity index (χ4n) is 2.65. The number of aromatic nitrogens is 2. The Hall–Kier alpha value is -2.80. The molecule has 134 valence electrons. The van der Waals surface area contributed by atoms with Crippen molar-refractivity contribution in [2.45, 2.75) is 20.4 Å². The van der Waals surface area contributed by atoms with Crippen LogP contribution in [0, 0.1) is 25.5 Å². The van der Waals surface area contributed by atoms with Gasteiger partial charge in [-0.05, 0) is 44.3 Å². The molecule has 26 heavy (non-hydrogen) atoms. The van der Waals surface area contributed by atoms with Gasteiger partial charge in [0, 0.05) is 5.56 Å². The average molecular weight is 372 g/mol. The number of hydrogen-bond donors (Lipinski definition) is 2. The van der Waals surface area contributed by atoms with E-state index < -0.39 is 0 Å². The van der Waals surface area contributed by atoms with Crippen molar-refractivity contribution < 1.29 is 8.78 Å². The van der Waals surface area contributed by atoms with Crippen LogP contribution in [0.1, 0.15) is 17.0 Å². The second kappa shape index (κ2) is 7.61. The van der Waals surface area contributed by atoms with Crippen molar-refractivity contribution >= 4 is 28.7 Å². The molecule has 2 aromatic carbocycles. The normalized spacial score (nSPS) is 10.6. The van der Waals surface area contributed by atoms with Gasteiger partial charge in [-0.1, -0.05) is 30.3 Å². The van der Waals surface area contributed by atoms with Crippen LogP contribution in [0.4, 0.5) is 20.2 Å². The first-order chi connectivity index (χ1) is 12.5. The van der Waals surface area contributed by atoms with Crippen molar-refractivity contribution in [3.05, 3.63) is 77.1 Å². The van der Waals surface area contributed by atoms with Gasteiger partial charge in [-0.2, -0.15) is 5.10 Å². The maximum atomic E-state index is 13.9. The van der Waals surface area contributed by atoms with E-state index in [2.05, 4.69) is 15.7 Å². The van der Waals surface area contributed by atoms with Gasteiger partial charge in [-0.15, -0.1) is 0 Å². The largest absolute Gasteiger partial charge is 0.330 e. The Morgan fingerprint density at radius 2 is 1.65 bits per heavy atom. The van der Waals surface area contributed by atoms with Crippen LogP contribution in [-0.2, 0) is 6.54 Å². The van der Waals surface area contributed by atoms with Gasteiger partial charge in [-0.25, -0.2) is 8.78 Å². The first-order valence-electron chi connectivity index (χ1n) is 8.05. The molecule has 0 aliphatic carbocycles. The summed E-state index contributed by atoms with van der Waals surface area (Å²) in [6, 6.07) is 12.9. The topological polar surface area (TPSA) is 41.9 Å². The summed E-state index contributed by atoms with van der Waals surface area (Å²) in [6.07, 6.45) is 0. The van der Waals surface area contributed by atoms with Gasteiger partial charge in [0.2, 0.25) is 0 Å². The second-order valence-electron chi connectivity index (χ2n) is 5.85. The van der Waals surface area contributed by atoms with E-state index in [4.69, 9.17) is 12.2 Å². The van der Waals surface area contributed by atoms with Crippen molar-refractivity contribution in [3.63, 3.8) is 0 Å². The number of nitrogens with one attached hydrogen (secondary N) is 2. The third-order valence-corrected chi connectivity index (χ3v) is 4.22. The molecule has 3 aromatic rings. The number of thiocarbonyl (C=S) groups is 1. The molecule has 0 saturated carbocycles. The van der Waals surface area contributed by atoms with E-state index in [0.29, 0.717) is 17.8 Å². The molecule has 0 bridgehead atoms. The summed E-state index contributed by atoms with van der Waals surface area (Å²) < 4.78 is 29.3. The number of hydrogen-bond acceptors (Lipinski definition) is 2. The van der Waals surface area contributed by atoms with Crippen LogP contribution in [0.3, 0.4) is 0 Å². The van der Waals surface area contributed by atoms with E-state index in [1.54, 1.807) is 41.1 Å². The third-order valence-electron chi connectivity index (χ3n) is 4.02. The van der Waals surface area contributed by atoms with Crippen LogP contribution < -0.4 is 10.6 Å². The fraction of sp³-hybridized carbons (Fsp3) is 0.158. The molecule has 0 atom stereocenters. The average Bonchev–Trinajstić information content (AvgIpc) is 2.86. The molecule has 0 unspecified atom stereocenters. The zero-order valence-electron chi connectivity index (χ0n) is 14.4. The van der Waals surface area contributed by atoms with E-state index in [9.17, 15) is 8.78 Å². The highest BCUT2D eigenvalue weighted by atomic mass is 32.1. The molecule has 0 fully saturated rings. The molecular weight excluding hydrogens is 354 g/mol. The second-order valence-corrected chi connectivity index (χ2v) is 6.26. The molecule has 1 heterocycles. The van der Waals surface area contributed by atoms with E-state index in [0.717, 1.165) is 17.1 Å². The Balaban J connectivity index is 1.77. The van der Waals surface area contributed by atoms with E-state index >= 15 is 0 Å². The SMILES string of the molecule is Cc1nn(Cc2ccccc2F)c(C)c1NC(=S)Nc1ccccc1F. The zero-order chi connectivity index (χ0) is 18.7. The van der Waals surface area contributed by atoms with Crippen LogP contribution in [0.5, 0.6) is 0 Å². The highest BCUT2D eigenvalue weighted by Gasteiger charge is 2.14. The lowest BCUT2D eigenvalue weighted by Crippen LogP contribution is -2.20. The maximum absolute atomic E-state index is 13.9. The van der Waals surface area contributed by atoms with Crippen LogP contribution >= 0.6 is 12.2 Å². The summed E-state index contributed by atoms with van der Waals surface area (Å²) in [4.78, 5) is 0. The van der Waals surface area contributed by atoms with Gasteiger partial charge in [-0.3, -0.25) is 4.68 Å². The van der Waals surface area contributed by atoms with Crippen molar-refractivity contribution in [1.29, 1.82) is 0 Å². The predicted octanol–water partition coefficient (Wildman–Crippen LogP) is 4.64. The summed E-state index contributed by atoms with van der Waals surface area (Å²) in [5.41, 5.74) is 3.09. The van der Waals surface area contributed by atoms with Gasteiger partial charge in [0.05, 0.1) is 29.3 Å². The minimum Gasteiger partial charge on any atom is -0.330 e. The Kier molecular flexibility index (Phi) is 5.27. The third kappa shape index (κ3) is 3.88. The number of para-hydroxylation sites is 1. The minimum absolute atomic E-state index is 0.256. The Labute approximate surface area is 155 Å². The Bertz CT molecular complexity index is 952. The number of anilines is 2. The van der Waals surface area contributed by atoms with Crippen LogP contribution in [-0.4, -0.2) is 14.9 Å². The van der Waals surface area contributed by atoms with Crippen LogP contribution in [0.2, 0.25) is 0 Å². The maximum Gasteiger partial charge on any atom is 0.175 e. The first kappa shape index (κ1) is 18.0. The summed E-state index contributed by atoms with van der Waals surface area (Å²) in [6.45, 7) is 4.02. The number of nitrogens with zero attached hydrogens (tertiary/aromatic N) is 2. The molecule has 0 saturated heterocycles. The molecule has 0 aliphatic rings. The van der Waals surface area contributed by atoms with Gasteiger partial charge in [0.15, 0.2) is 5.11 Å². The molecule has 0 amide bonds. The van der Waals surface area contributed by atoms with E-state index in [-0.39, 0.29) is 16.7 Å². The monoisotopic (exact) mass is 372 g/mol. The molecule has 4 nitrogen and oxygen atoms in total. The lowest BCUT2D eigenvalue weighted by atomic mass is 10.2. The van der Waals surface area contributed by atoms with Gasteiger partial charge in [0.25, 0.3) is 0 Å². The van der Waals surface area contributed by atoms with Crippen molar-refractivity contribution in [3.8, 4) is 0 Å². The summed E-state index contributed by atoms with van der Waals surface area (Å²) >= 11 is 5.27. The fourth-order valence-corrected chi connectivity index (χ4v) is 2.86. The van der Waals surface area contributed by atoms with Crippen molar-refractivity contribution in [1.82, 2.24) is 9.78 Å². The molecular formula is C19H18F2N4S. The summed E-state index contributed by atoms with van der Waals surface area (Å²) in [5.74, 6) is -0.661. The van der Waals surface area contributed by atoms with Gasteiger partial charge >= 0.3 is 0 Å². The number of halogens is 2. The molecule has 0 spiro atoms. The standard InChI is InChI=1S/C19H18F2N4S/c1-12-18(23-19(26)22-17-10-6-5-9-16(17)21)13(2)25(24-12)11-14-7-3-4-8-15(14)20/h3-10H,11H2,1-2H3,(H2,22,23,26). The number of aryl methyl sites for hydroxylation is 1. The molecule has 0 radical (unpaired) electrons. The number of benzene rings is 2. The molecule has 0 aliphatic heterocycles. The molecule has 1 aromatic heterocycles. The quantitative estimate of drug-likeness (QED) is 0.655. The lowest BCUT2D eigenvalue weighted by Gasteiger charge is -2.12. The smallest absolute Gasteiger partial charge is 0.175 e. The highest BCUT2D eigenvalue weighted by Crippen LogP contribution is 2.22. The summed E-state index contributed by atoms with van der Waals surface area (Å²) in [5, 5.41) is 10.6. The first-order valence-corrected chi connectivity index (χ1v) is 8.46. The lowest BCUT2D eigenvalue weighted by molar-refractivity contribution is 0.579. The molecule has 3 rings (SSSR count). The molecule has 7 heteroatoms. The van der Waals surface area contributed by atoms with Crippen molar-refractivity contribution in [2.75, 3.05) is 10.6 Å². The predicted molar refractivity (Wildman–Crippen MR) is 103 cm³/mol. The van der Waals surface area contributed by atoms with Gasteiger partial charge in [0.1, 0.15) is 11.6 Å². The molecule has 2 N–H and O–H groups in total. The van der Waals surface area contributed by atoms with Crippen LogP contribution in [0.15, 0.2) is 48.5 Å². The Morgan fingerprint density at radius 1 is 1.00 bits per heavy atom. The number of rotatable bonds is 4. The van der Waals surface area contributed by atoms with E-state index in [1.165, 1.54) is 12.1 Å². The Morgan fingerprint density at radius 3 is 2.35 bits per heavy atom. The highest BCUT2D eigenvalue weighted by molar-refractivity contribution is 7.80.